The highest BCUT2D eigenvalue weighted by molar-refractivity contribution is 5.71. The Morgan fingerprint density at radius 1 is 1.09 bits per heavy atom. The van der Waals surface area contributed by atoms with E-state index in [1.54, 1.807) is 0 Å². The number of hydrogen-bond acceptors (Lipinski definition) is 8. The third-order valence-electron chi connectivity index (χ3n) is 6.13. The molecule has 10 nitrogen and oxygen atoms in total. The largest absolute Gasteiger partial charge is 0.394 e. The third kappa shape index (κ3) is 3.23. The van der Waals surface area contributed by atoms with E-state index in [2.05, 4.69) is 15.0 Å². The van der Waals surface area contributed by atoms with Crippen molar-refractivity contribution >= 4 is 17.1 Å². The highest BCUT2D eigenvalue weighted by Gasteiger charge is 2.60. The summed E-state index contributed by atoms with van der Waals surface area (Å²) in [5.41, 5.74) is 5.18. The van der Waals surface area contributed by atoms with Gasteiger partial charge in [-0.15, -0.1) is 0 Å². The van der Waals surface area contributed by atoms with E-state index < -0.39 is 42.1 Å². The number of nitrogen functional groups attached to an aromatic ring is 1. The second-order valence-electron chi connectivity index (χ2n) is 8.02. The molecule has 2 aromatic carbocycles. The number of aromatic nitrogens is 4. The molecular weight excluding hydrogens is 426 g/mol. The van der Waals surface area contributed by atoms with Crippen LogP contribution < -0.4 is 11.3 Å². The Bertz CT molecular complexity index is 1290. The summed E-state index contributed by atoms with van der Waals surface area (Å²) in [6.07, 6.45) is -2.69. The van der Waals surface area contributed by atoms with Gasteiger partial charge >= 0.3 is 0 Å². The number of rotatable bonds is 5. The summed E-state index contributed by atoms with van der Waals surface area (Å²) in [6.45, 7) is -0.529. The first kappa shape index (κ1) is 21.3. The molecule has 2 aromatic heterocycles. The van der Waals surface area contributed by atoms with Crippen LogP contribution in [-0.4, -0.2) is 59.8 Å². The van der Waals surface area contributed by atoms with Gasteiger partial charge < -0.3 is 25.8 Å². The lowest BCUT2D eigenvalue weighted by atomic mass is 9.79. The molecule has 0 saturated carbocycles. The first-order valence-corrected chi connectivity index (χ1v) is 10.5. The number of H-pyrrole nitrogens is 1. The number of imidazole rings is 1. The molecule has 1 saturated heterocycles. The van der Waals surface area contributed by atoms with Crippen LogP contribution in [0.3, 0.4) is 0 Å². The van der Waals surface area contributed by atoms with Crippen LogP contribution in [-0.2, 0) is 10.5 Å². The number of anilines is 1. The number of hydrogen-bond donors (Lipinski definition) is 5. The Labute approximate surface area is 187 Å². The molecule has 1 aliphatic rings. The average molecular weight is 449 g/mol. The van der Waals surface area contributed by atoms with Gasteiger partial charge in [0.25, 0.3) is 5.56 Å². The number of nitrogens with one attached hydrogen (secondary N) is 1. The van der Waals surface area contributed by atoms with Crippen LogP contribution in [0.1, 0.15) is 17.0 Å². The zero-order valence-corrected chi connectivity index (χ0v) is 17.4. The highest BCUT2D eigenvalue weighted by Crippen LogP contribution is 2.50. The molecule has 0 bridgehead atoms. The number of ether oxygens (including phenoxy) is 1. The van der Waals surface area contributed by atoms with E-state index in [1.807, 2.05) is 60.7 Å². The van der Waals surface area contributed by atoms with Gasteiger partial charge in [0.2, 0.25) is 5.95 Å². The lowest BCUT2D eigenvalue weighted by Gasteiger charge is -2.41. The van der Waals surface area contributed by atoms with Gasteiger partial charge in [0.1, 0.15) is 18.3 Å². The molecule has 4 aromatic rings. The van der Waals surface area contributed by atoms with Gasteiger partial charge in [-0.25, -0.2) is 4.98 Å². The van der Waals surface area contributed by atoms with E-state index in [9.17, 15) is 20.1 Å². The number of aliphatic hydroxyl groups is 3. The minimum absolute atomic E-state index is 0.00110. The van der Waals surface area contributed by atoms with E-state index in [-0.39, 0.29) is 17.1 Å². The Morgan fingerprint density at radius 3 is 2.24 bits per heavy atom. The topological polar surface area (TPSA) is 160 Å². The Kier molecular flexibility index (Phi) is 5.22. The Morgan fingerprint density at radius 2 is 1.70 bits per heavy atom. The maximum atomic E-state index is 12.5. The van der Waals surface area contributed by atoms with Gasteiger partial charge in [-0.2, -0.15) is 4.98 Å². The molecule has 3 heterocycles. The molecule has 33 heavy (non-hydrogen) atoms. The average Bonchev–Trinajstić information content (AvgIpc) is 3.36. The lowest BCUT2D eigenvalue weighted by Crippen LogP contribution is -2.50. The van der Waals surface area contributed by atoms with Crippen molar-refractivity contribution in [3.8, 4) is 0 Å². The van der Waals surface area contributed by atoms with Crippen LogP contribution >= 0.6 is 0 Å². The number of aliphatic hydroxyl groups excluding tert-OH is 3. The SMILES string of the molecule is Nc1nc2c(ncn2[C@]2(C(c3ccccc3)c3ccccc3)O[C@H](CO)[C@@H](O)[C@H]2O)c(=O)[nH]1. The molecule has 1 aliphatic heterocycles. The van der Waals surface area contributed by atoms with Gasteiger partial charge in [0.05, 0.1) is 18.9 Å². The van der Waals surface area contributed by atoms with Crippen LogP contribution in [0.5, 0.6) is 0 Å². The first-order valence-electron chi connectivity index (χ1n) is 10.5. The second-order valence-corrected chi connectivity index (χ2v) is 8.02. The van der Waals surface area contributed by atoms with E-state index >= 15 is 0 Å². The number of benzene rings is 2. The highest BCUT2D eigenvalue weighted by atomic mass is 16.6. The maximum Gasteiger partial charge on any atom is 0.280 e. The van der Waals surface area contributed by atoms with Crippen LogP contribution in [0, 0.1) is 0 Å². The summed E-state index contributed by atoms with van der Waals surface area (Å²) in [5, 5.41) is 32.2. The van der Waals surface area contributed by atoms with E-state index in [1.165, 1.54) is 10.9 Å². The van der Waals surface area contributed by atoms with Gasteiger partial charge in [0, 0.05) is 0 Å². The smallest absolute Gasteiger partial charge is 0.280 e. The minimum Gasteiger partial charge on any atom is -0.394 e. The van der Waals surface area contributed by atoms with Crippen molar-refractivity contribution in [3.05, 3.63) is 88.5 Å². The number of aromatic amines is 1. The van der Waals surface area contributed by atoms with Gasteiger partial charge in [0.15, 0.2) is 16.9 Å². The van der Waals surface area contributed by atoms with Gasteiger partial charge in [-0.05, 0) is 11.1 Å². The van der Waals surface area contributed by atoms with Crippen LogP contribution in [0.4, 0.5) is 5.95 Å². The molecule has 6 N–H and O–H groups in total. The Hall–Kier alpha value is -3.57. The van der Waals surface area contributed by atoms with Crippen molar-refractivity contribution in [1.82, 2.24) is 19.5 Å². The van der Waals surface area contributed by atoms with Crippen LogP contribution in [0.2, 0.25) is 0 Å². The van der Waals surface area contributed by atoms with Crippen molar-refractivity contribution < 1.29 is 20.1 Å². The van der Waals surface area contributed by atoms with Crippen molar-refractivity contribution in [2.45, 2.75) is 30.0 Å². The lowest BCUT2D eigenvalue weighted by molar-refractivity contribution is -0.155. The second kappa shape index (κ2) is 8.09. The van der Waals surface area contributed by atoms with E-state index in [0.29, 0.717) is 0 Å². The summed E-state index contributed by atoms with van der Waals surface area (Å²) >= 11 is 0. The summed E-state index contributed by atoms with van der Waals surface area (Å²) in [7, 11) is 0. The summed E-state index contributed by atoms with van der Waals surface area (Å²) in [5.74, 6) is -0.812. The Balaban J connectivity index is 1.87. The van der Waals surface area contributed by atoms with Crippen molar-refractivity contribution in [3.63, 3.8) is 0 Å². The molecule has 0 amide bonds. The molecule has 1 fully saturated rings. The normalized spacial score (nSPS) is 25.2. The fraction of sp³-hybridized carbons (Fsp3) is 0.261. The molecule has 170 valence electrons. The molecule has 0 spiro atoms. The molecule has 10 heteroatoms. The fourth-order valence-corrected chi connectivity index (χ4v) is 4.70. The monoisotopic (exact) mass is 449 g/mol. The zero-order chi connectivity index (χ0) is 23.2. The number of nitrogens with zero attached hydrogens (tertiary/aromatic N) is 3. The number of nitrogens with two attached hydrogens (primary N) is 1. The zero-order valence-electron chi connectivity index (χ0n) is 17.4. The maximum absolute atomic E-state index is 12.5. The minimum atomic E-state index is -1.71. The van der Waals surface area contributed by atoms with E-state index in [0.717, 1.165) is 11.1 Å². The first-order chi connectivity index (χ1) is 16.0. The summed E-state index contributed by atoms with van der Waals surface area (Å²) in [4.78, 5) is 23.3. The summed E-state index contributed by atoms with van der Waals surface area (Å²) < 4.78 is 7.74. The van der Waals surface area contributed by atoms with Crippen molar-refractivity contribution in [1.29, 1.82) is 0 Å². The molecule has 4 atom stereocenters. The van der Waals surface area contributed by atoms with Crippen LogP contribution in [0.25, 0.3) is 11.2 Å². The molecule has 5 rings (SSSR count). The number of fused-ring (bicyclic) bond motifs is 1. The van der Waals surface area contributed by atoms with Crippen molar-refractivity contribution in [2.75, 3.05) is 12.3 Å². The predicted molar refractivity (Wildman–Crippen MR) is 119 cm³/mol. The van der Waals surface area contributed by atoms with Gasteiger partial charge in [-0.3, -0.25) is 14.3 Å². The molecular formula is C23H23N5O5. The van der Waals surface area contributed by atoms with E-state index in [4.69, 9.17) is 10.5 Å². The summed E-state index contributed by atoms with van der Waals surface area (Å²) in [6, 6.07) is 18.7. The third-order valence-corrected chi connectivity index (χ3v) is 6.13. The van der Waals surface area contributed by atoms with Crippen molar-refractivity contribution in [2.24, 2.45) is 0 Å². The molecule has 0 unspecified atom stereocenters. The predicted octanol–water partition coefficient (Wildman–Crippen LogP) is 0.300. The van der Waals surface area contributed by atoms with Crippen LogP contribution in [0.15, 0.2) is 71.8 Å². The standard InChI is InChI=1S/C23H23N5O5/c24-22-26-20-17(21(32)27-22)25-12-28(20)23(19(31)18(30)15(11-29)33-23)16(13-7-3-1-4-8-13)14-9-5-2-6-10-14/h1-10,12,15-16,18-19,29-31H,11H2,(H3,24,26,27,32)/t15-,18-,19-,23-/m1/s1. The molecule has 0 aliphatic carbocycles. The van der Waals surface area contributed by atoms with Gasteiger partial charge in [-0.1, -0.05) is 60.7 Å². The fourth-order valence-electron chi connectivity index (χ4n) is 4.70. The quantitative estimate of drug-likeness (QED) is 0.291. The molecule has 0 radical (unpaired) electrons.